The minimum absolute atomic E-state index is 0.186. The van der Waals surface area contributed by atoms with Crippen LogP contribution in [0.15, 0.2) is 65.6 Å². The van der Waals surface area contributed by atoms with Gasteiger partial charge in [0.1, 0.15) is 12.4 Å². The smallest absolute Gasteiger partial charge is 0.350 e. The van der Waals surface area contributed by atoms with E-state index in [2.05, 4.69) is 10.2 Å². The summed E-state index contributed by atoms with van der Waals surface area (Å²) in [5.74, 6) is 1.19. The van der Waals surface area contributed by atoms with E-state index in [0.717, 1.165) is 22.5 Å². The van der Waals surface area contributed by atoms with Crippen molar-refractivity contribution in [3.63, 3.8) is 0 Å². The fraction of sp³-hybridized carbons (Fsp3) is 0.320. The highest BCUT2D eigenvalue weighted by molar-refractivity contribution is 5.42. The van der Waals surface area contributed by atoms with Gasteiger partial charge in [-0.05, 0) is 32.0 Å². The Labute approximate surface area is 189 Å². The van der Waals surface area contributed by atoms with Crippen molar-refractivity contribution in [3.05, 3.63) is 88.2 Å². The van der Waals surface area contributed by atoms with Gasteiger partial charge in [-0.1, -0.05) is 64.1 Å². The number of benzene rings is 2. The molecule has 2 heterocycles. The largest absolute Gasteiger partial charge is 0.471 e. The molecule has 0 unspecified atom stereocenters. The van der Waals surface area contributed by atoms with E-state index in [0.29, 0.717) is 18.3 Å². The second-order valence-electron chi connectivity index (χ2n) is 6.60. The van der Waals surface area contributed by atoms with Gasteiger partial charge < -0.3 is 4.74 Å². The van der Waals surface area contributed by atoms with Crippen molar-refractivity contribution in [1.82, 2.24) is 24.1 Å². The van der Waals surface area contributed by atoms with E-state index >= 15 is 0 Å². The maximum absolute atomic E-state index is 12.4. The lowest BCUT2D eigenvalue weighted by Gasteiger charge is -2.11. The van der Waals surface area contributed by atoms with Crippen molar-refractivity contribution in [1.29, 1.82) is 0 Å². The second-order valence-corrected chi connectivity index (χ2v) is 6.60. The molecular weight excluding hydrogens is 402 g/mol. The highest BCUT2D eigenvalue weighted by atomic mass is 16.5. The normalized spacial score (nSPS) is 9.97. The van der Waals surface area contributed by atoms with Gasteiger partial charge in [0.05, 0.1) is 11.4 Å². The summed E-state index contributed by atoms with van der Waals surface area (Å²) in [6.45, 7) is 12.1. The first-order valence-electron chi connectivity index (χ1n) is 11.0. The lowest BCUT2D eigenvalue weighted by molar-refractivity contribution is 0.289. The third kappa shape index (κ3) is 5.35. The standard InChI is InChI=1S/C21H21N5O2.2C2H6/c1-15-13-25(18-10-5-4-6-11-18)23-20(15)28-14-17-9-7-8-12-19(17)26-16(2)22-24(3)21(26)27;2*1-2/h4-13H,14H2,1-3H3;2*1-2H3. The third-order valence-electron chi connectivity index (χ3n) is 4.56. The van der Waals surface area contributed by atoms with E-state index in [4.69, 9.17) is 4.74 Å². The Morgan fingerprint density at radius 2 is 1.50 bits per heavy atom. The van der Waals surface area contributed by atoms with Crippen LogP contribution in [0.1, 0.15) is 44.6 Å². The van der Waals surface area contributed by atoms with Gasteiger partial charge in [-0.3, -0.25) is 0 Å². The van der Waals surface area contributed by atoms with Crippen LogP contribution < -0.4 is 10.4 Å². The average Bonchev–Trinajstić information content (AvgIpc) is 3.33. The number of hydrogen-bond donors (Lipinski definition) is 0. The zero-order valence-electron chi connectivity index (χ0n) is 20.0. The fourth-order valence-corrected chi connectivity index (χ4v) is 3.16. The van der Waals surface area contributed by atoms with Crippen LogP contribution in [-0.2, 0) is 13.7 Å². The predicted molar refractivity (Wildman–Crippen MR) is 129 cm³/mol. The van der Waals surface area contributed by atoms with E-state index in [1.54, 1.807) is 16.3 Å². The molecule has 7 nitrogen and oxygen atoms in total. The Morgan fingerprint density at radius 1 is 0.875 bits per heavy atom. The quantitative estimate of drug-likeness (QED) is 0.442. The first-order valence-corrected chi connectivity index (χ1v) is 11.0. The van der Waals surface area contributed by atoms with E-state index in [9.17, 15) is 4.79 Å². The van der Waals surface area contributed by atoms with Gasteiger partial charge in [-0.25, -0.2) is 18.7 Å². The summed E-state index contributed by atoms with van der Waals surface area (Å²) in [5, 5.41) is 8.75. The summed E-state index contributed by atoms with van der Waals surface area (Å²) in [6, 6.07) is 17.5. The summed E-state index contributed by atoms with van der Waals surface area (Å²) in [4.78, 5) is 12.4. The molecule has 0 atom stereocenters. The molecule has 0 aliphatic rings. The van der Waals surface area contributed by atoms with Crippen LogP contribution in [0.25, 0.3) is 11.4 Å². The van der Waals surface area contributed by atoms with Crippen molar-refractivity contribution >= 4 is 0 Å². The van der Waals surface area contributed by atoms with Crippen LogP contribution in [0.5, 0.6) is 5.88 Å². The van der Waals surface area contributed by atoms with Crippen molar-refractivity contribution in [2.45, 2.75) is 48.1 Å². The number of nitrogens with zero attached hydrogens (tertiary/aromatic N) is 5. The second kappa shape index (κ2) is 11.7. The molecule has 0 spiro atoms. The number of hydrogen-bond acceptors (Lipinski definition) is 4. The van der Waals surface area contributed by atoms with Gasteiger partial charge in [0.2, 0.25) is 5.88 Å². The van der Waals surface area contributed by atoms with Crippen LogP contribution in [0, 0.1) is 13.8 Å². The van der Waals surface area contributed by atoms with Crippen molar-refractivity contribution in [2.75, 3.05) is 0 Å². The molecule has 0 saturated carbocycles. The highest BCUT2D eigenvalue weighted by Gasteiger charge is 2.14. The summed E-state index contributed by atoms with van der Waals surface area (Å²) >= 11 is 0. The SMILES string of the molecule is CC.CC.Cc1cn(-c2ccccc2)nc1OCc1ccccc1-n1c(C)nn(C)c1=O. The molecule has 7 heteroatoms. The minimum Gasteiger partial charge on any atom is -0.471 e. The number of rotatable bonds is 5. The van der Waals surface area contributed by atoms with Gasteiger partial charge in [0.15, 0.2) is 0 Å². The molecule has 0 fully saturated rings. The van der Waals surface area contributed by atoms with Gasteiger partial charge in [0.25, 0.3) is 0 Å². The molecule has 0 saturated heterocycles. The maximum Gasteiger partial charge on any atom is 0.350 e. The molecule has 0 bridgehead atoms. The van der Waals surface area contributed by atoms with E-state index in [1.807, 2.05) is 102 Å². The summed E-state index contributed by atoms with van der Waals surface area (Å²) in [5.41, 5.74) is 3.37. The molecule has 0 aliphatic carbocycles. The number of para-hydroxylation sites is 2. The Balaban J connectivity index is 0.000000860. The first kappa shape index (κ1) is 24.7. The monoisotopic (exact) mass is 435 g/mol. The molecular formula is C25H33N5O2. The first-order chi connectivity index (χ1) is 15.5. The van der Waals surface area contributed by atoms with E-state index < -0.39 is 0 Å². The van der Waals surface area contributed by atoms with Crippen molar-refractivity contribution < 1.29 is 4.74 Å². The minimum atomic E-state index is -0.186. The number of aryl methyl sites for hydroxylation is 3. The molecule has 0 N–H and O–H groups in total. The van der Waals surface area contributed by atoms with Crippen LogP contribution >= 0.6 is 0 Å². The molecule has 2 aromatic carbocycles. The molecule has 0 radical (unpaired) electrons. The van der Waals surface area contributed by atoms with E-state index in [1.165, 1.54) is 4.68 Å². The molecule has 170 valence electrons. The van der Waals surface area contributed by atoms with Crippen LogP contribution in [0.4, 0.5) is 0 Å². The van der Waals surface area contributed by atoms with Crippen molar-refractivity contribution in [2.24, 2.45) is 7.05 Å². The Morgan fingerprint density at radius 3 is 2.12 bits per heavy atom. The summed E-state index contributed by atoms with van der Waals surface area (Å²) in [7, 11) is 1.64. The number of ether oxygens (including phenoxy) is 1. The Bertz CT molecular complexity index is 1170. The topological polar surface area (TPSA) is 66.9 Å². The summed E-state index contributed by atoms with van der Waals surface area (Å²) < 4.78 is 10.7. The maximum atomic E-state index is 12.4. The Kier molecular flexibility index (Phi) is 9.01. The molecule has 32 heavy (non-hydrogen) atoms. The van der Waals surface area contributed by atoms with Crippen molar-refractivity contribution in [3.8, 4) is 17.3 Å². The lowest BCUT2D eigenvalue weighted by Crippen LogP contribution is -2.23. The lowest BCUT2D eigenvalue weighted by atomic mass is 10.2. The van der Waals surface area contributed by atoms with Gasteiger partial charge in [-0.2, -0.15) is 5.10 Å². The van der Waals surface area contributed by atoms with Crippen LogP contribution in [0.2, 0.25) is 0 Å². The van der Waals surface area contributed by atoms with Crippen LogP contribution in [-0.4, -0.2) is 24.1 Å². The molecule has 0 aliphatic heterocycles. The zero-order chi connectivity index (χ0) is 23.7. The van der Waals surface area contributed by atoms with Gasteiger partial charge >= 0.3 is 5.69 Å². The van der Waals surface area contributed by atoms with Gasteiger partial charge in [-0.15, -0.1) is 5.10 Å². The molecule has 4 rings (SSSR count). The van der Waals surface area contributed by atoms with E-state index in [-0.39, 0.29) is 5.69 Å². The number of aromatic nitrogens is 5. The zero-order valence-corrected chi connectivity index (χ0v) is 20.0. The molecule has 0 amide bonds. The predicted octanol–water partition coefficient (Wildman–Crippen LogP) is 5.00. The molecule has 2 aromatic heterocycles. The van der Waals surface area contributed by atoms with Gasteiger partial charge in [0, 0.05) is 24.4 Å². The highest BCUT2D eigenvalue weighted by Crippen LogP contribution is 2.21. The van der Waals surface area contributed by atoms with Crippen LogP contribution in [0.3, 0.4) is 0 Å². The fourth-order valence-electron chi connectivity index (χ4n) is 3.16. The average molecular weight is 436 g/mol. The molecule has 4 aromatic rings. The third-order valence-corrected chi connectivity index (χ3v) is 4.56. The summed E-state index contributed by atoms with van der Waals surface area (Å²) in [6.07, 6.45) is 1.94. The Hall–Kier alpha value is -3.61.